The molecule has 9 heteroatoms. The molecule has 0 aliphatic carbocycles. The Labute approximate surface area is 179 Å². The number of cyclic esters (lactones) is 1. The summed E-state index contributed by atoms with van der Waals surface area (Å²) >= 11 is 0. The number of carbonyl (C=O) groups excluding carboxylic acids is 2. The molecule has 1 amide bonds. The highest BCUT2D eigenvalue weighted by Gasteiger charge is 2.32. The molecular formula is C22H23FN4O4. The lowest BCUT2D eigenvalue weighted by Crippen LogP contribution is -2.36. The molecular weight excluding hydrogens is 403 g/mol. The van der Waals surface area contributed by atoms with Crippen LogP contribution in [0.25, 0.3) is 11.1 Å². The number of ketones is 1. The number of carbonyl (C=O) groups is 2. The van der Waals surface area contributed by atoms with Crippen LogP contribution in [-0.4, -0.2) is 48.5 Å². The maximum Gasteiger partial charge on any atom is 0.414 e. The number of benzene rings is 1. The van der Waals surface area contributed by atoms with Gasteiger partial charge in [-0.1, -0.05) is 5.16 Å². The second-order valence-corrected chi connectivity index (χ2v) is 7.55. The lowest BCUT2D eigenvalue weighted by Gasteiger charge is -2.25. The maximum absolute atomic E-state index is 14.9. The van der Waals surface area contributed by atoms with Crippen LogP contribution in [0.5, 0.6) is 0 Å². The molecule has 0 saturated carbocycles. The summed E-state index contributed by atoms with van der Waals surface area (Å²) in [6.07, 6.45) is 1.51. The topological polar surface area (TPSA) is 84.3 Å². The zero-order chi connectivity index (χ0) is 22.0. The van der Waals surface area contributed by atoms with E-state index in [4.69, 9.17) is 9.57 Å². The average molecular weight is 426 g/mol. The lowest BCUT2D eigenvalue weighted by atomic mass is 10.1. The minimum absolute atomic E-state index is 0.0422. The van der Waals surface area contributed by atoms with E-state index in [1.54, 1.807) is 24.4 Å². The van der Waals surface area contributed by atoms with Gasteiger partial charge in [0.05, 0.1) is 18.8 Å². The molecule has 2 aliphatic heterocycles. The van der Waals surface area contributed by atoms with Gasteiger partial charge < -0.3 is 19.3 Å². The van der Waals surface area contributed by atoms with Crippen LogP contribution in [-0.2, 0) is 14.4 Å². The summed E-state index contributed by atoms with van der Waals surface area (Å²) in [5, 5.41) is 3.94. The van der Waals surface area contributed by atoms with Crippen LogP contribution in [0.15, 0.2) is 41.7 Å². The minimum Gasteiger partial charge on any atom is -0.444 e. The van der Waals surface area contributed by atoms with Gasteiger partial charge in [-0.25, -0.2) is 14.2 Å². The number of amidine groups is 1. The number of aromatic nitrogens is 1. The van der Waals surface area contributed by atoms with Crippen LogP contribution in [0.1, 0.15) is 26.7 Å². The Bertz CT molecular complexity index is 1020. The predicted octanol–water partition coefficient (Wildman–Crippen LogP) is 3.75. The first-order valence-corrected chi connectivity index (χ1v) is 10.1. The highest BCUT2D eigenvalue weighted by Crippen LogP contribution is 2.30. The van der Waals surface area contributed by atoms with Gasteiger partial charge in [0.2, 0.25) is 0 Å². The van der Waals surface area contributed by atoms with E-state index in [0.29, 0.717) is 61.0 Å². The summed E-state index contributed by atoms with van der Waals surface area (Å²) in [4.78, 5) is 36.1. The fraction of sp³-hybridized carbons (Fsp3) is 0.364. The summed E-state index contributed by atoms with van der Waals surface area (Å²) in [6.45, 7) is 4.75. The molecule has 8 nitrogen and oxygen atoms in total. The molecule has 1 aromatic heterocycles. The molecule has 1 saturated heterocycles. The molecule has 2 aliphatic rings. The highest BCUT2D eigenvalue weighted by atomic mass is 19.1. The Kier molecular flexibility index (Phi) is 5.83. The van der Waals surface area contributed by atoms with E-state index in [-0.39, 0.29) is 11.9 Å². The van der Waals surface area contributed by atoms with Crippen molar-refractivity contribution in [1.29, 1.82) is 0 Å². The van der Waals surface area contributed by atoms with Gasteiger partial charge in [-0.2, -0.15) is 0 Å². The van der Waals surface area contributed by atoms with Gasteiger partial charge in [0.1, 0.15) is 36.0 Å². The first kappa shape index (κ1) is 20.8. The van der Waals surface area contributed by atoms with Gasteiger partial charge in [-0.05, 0) is 50.6 Å². The first-order valence-electron chi connectivity index (χ1n) is 10.1. The molecule has 2 aromatic rings. The van der Waals surface area contributed by atoms with E-state index >= 15 is 0 Å². The molecule has 0 radical (unpaired) electrons. The van der Waals surface area contributed by atoms with Crippen LogP contribution in [0.4, 0.5) is 20.7 Å². The van der Waals surface area contributed by atoms with Crippen molar-refractivity contribution in [2.45, 2.75) is 32.8 Å². The Balaban J connectivity index is 1.49. The Morgan fingerprint density at radius 2 is 2.10 bits per heavy atom. The van der Waals surface area contributed by atoms with Crippen molar-refractivity contribution < 1.29 is 23.6 Å². The third-order valence-electron chi connectivity index (χ3n) is 5.29. The second kappa shape index (κ2) is 8.71. The molecule has 0 N–H and O–H groups in total. The van der Waals surface area contributed by atoms with E-state index in [1.807, 2.05) is 17.9 Å². The van der Waals surface area contributed by atoms with Gasteiger partial charge in [-0.15, -0.1) is 0 Å². The summed E-state index contributed by atoms with van der Waals surface area (Å²) in [7, 11) is 0. The molecule has 0 spiro atoms. The number of hydrogen-bond donors (Lipinski definition) is 0. The Hall–Kier alpha value is -3.49. The van der Waals surface area contributed by atoms with Crippen molar-refractivity contribution in [1.82, 2.24) is 4.98 Å². The first-order chi connectivity index (χ1) is 14.9. The summed E-state index contributed by atoms with van der Waals surface area (Å²) < 4.78 is 20.2. The lowest BCUT2D eigenvalue weighted by molar-refractivity contribution is -0.117. The number of nitrogens with zero attached hydrogens (tertiary/aromatic N) is 4. The number of amides is 1. The molecule has 1 aromatic carbocycles. The van der Waals surface area contributed by atoms with E-state index in [0.717, 1.165) is 0 Å². The van der Waals surface area contributed by atoms with Crippen LogP contribution >= 0.6 is 0 Å². The normalized spacial score (nSPS) is 18.5. The number of pyridine rings is 1. The Morgan fingerprint density at radius 1 is 1.26 bits per heavy atom. The van der Waals surface area contributed by atoms with Gasteiger partial charge >= 0.3 is 6.09 Å². The molecule has 31 heavy (non-hydrogen) atoms. The average Bonchev–Trinajstić information content (AvgIpc) is 3.13. The van der Waals surface area contributed by atoms with Crippen molar-refractivity contribution in [2.75, 3.05) is 29.5 Å². The number of rotatable bonds is 6. The molecule has 1 fully saturated rings. The van der Waals surface area contributed by atoms with Gasteiger partial charge in [0.15, 0.2) is 0 Å². The van der Waals surface area contributed by atoms with Crippen molar-refractivity contribution in [3.8, 4) is 11.1 Å². The number of ether oxygens (including phenoxy) is 1. The number of anilines is 2. The quantitative estimate of drug-likeness (QED) is 0.700. The highest BCUT2D eigenvalue weighted by molar-refractivity contribution is 5.95. The fourth-order valence-corrected chi connectivity index (χ4v) is 3.62. The van der Waals surface area contributed by atoms with Gasteiger partial charge in [0.25, 0.3) is 0 Å². The molecule has 0 bridgehead atoms. The van der Waals surface area contributed by atoms with E-state index < -0.39 is 11.9 Å². The van der Waals surface area contributed by atoms with Crippen molar-refractivity contribution in [3.05, 3.63) is 42.3 Å². The molecule has 0 unspecified atom stereocenters. The van der Waals surface area contributed by atoms with Crippen LogP contribution in [0.2, 0.25) is 0 Å². The molecule has 162 valence electrons. The summed E-state index contributed by atoms with van der Waals surface area (Å²) in [5.74, 6) is 1.000. The molecule has 4 rings (SSSR count). The number of hydrogen-bond acceptors (Lipinski definition) is 7. The van der Waals surface area contributed by atoms with Gasteiger partial charge in [-0.3, -0.25) is 4.90 Å². The van der Waals surface area contributed by atoms with Crippen molar-refractivity contribution in [2.24, 2.45) is 5.16 Å². The van der Waals surface area contributed by atoms with Crippen molar-refractivity contribution in [3.63, 3.8) is 0 Å². The van der Waals surface area contributed by atoms with E-state index in [1.165, 1.54) is 17.9 Å². The molecule has 3 heterocycles. The zero-order valence-electron chi connectivity index (χ0n) is 17.4. The zero-order valence-corrected chi connectivity index (χ0v) is 17.4. The molecule has 1 atom stereocenters. The Morgan fingerprint density at radius 3 is 2.77 bits per heavy atom. The monoisotopic (exact) mass is 426 g/mol. The standard InChI is InChI=1S/C22H23FN4O4/c1-14(28)3-6-18-13-27(22(29)31-18)17-5-7-19(20(23)11-17)16-4-8-21(24-12-16)26-9-10-30-25-15(26)2/h4-5,7-8,11-12,18H,3,6,9-10,13H2,1-2H3/t18-/m0/s1. The third kappa shape index (κ3) is 4.50. The summed E-state index contributed by atoms with van der Waals surface area (Å²) in [5.41, 5.74) is 1.43. The van der Waals surface area contributed by atoms with Crippen LogP contribution in [0.3, 0.4) is 0 Å². The van der Waals surface area contributed by atoms with E-state index in [2.05, 4.69) is 10.1 Å². The summed E-state index contributed by atoms with van der Waals surface area (Å²) in [6, 6.07) is 8.23. The minimum atomic E-state index is -0.533. The second-order valence-electron chi connectivity index (χ2n) is 7.55. The van der Waals surface area contributed by atoms with Crippen molar-refractivity contribution >= 4 is 29.2 Å². The number of halogens is 1. The third-order valence-corrected chi connectivity index (χ3v) is 5.29. The number of oxime groups is 1. The van der Waals surface area contributed by atoms with Crippen LogP contribution < -0.4 is 9.80 Å². The smallest absolute Gasteiger partial charge is 0.414 e. The van der Waals surface area contributed by atoms with Crippen LogP contribution in [0, 0.1) is 5.82 Å². The number of Topliss-reactive ketones (excluding diaryl/α,β-unsaturated/α-hetero) is 1. The largest absolute Gasteiger partial charge is 0.444 e. The predicted molar refractivity (Wildman–Crippen MR) is 114 cm³/mol. The van der Waals surface area contributed by atoms with E-state index in [9.17, 15) is 14.0 Å². The van der Waals surface area contributed by atoms with Gasteiger partial charge in [0, 0.05) is 23.7 Å². The SMILES string of the molecule is CC(=O)CC[C@H]1CN(c2ccc(-c3ccc(N4CCON=C4C)nc3)c(F)c2)C(=O)O1. The fourth-order valence-electron chi connectivity index (χ4n) is 3.62. The maximum atomic E-state index is 14.9.